The van der Waals surface area contributed by atoms with Crippen molar-refractivity contribution in [2.24, 2.45) is 0 Å². The van der Waals surface area contributed by atoms with Gasteiger partial charge in [-0.3, -0.25) is 4.79 Å². The van der Waals surface area contributed by atoms with E-state index in [1.807, 2.05) is 49.1 Å². The highest BCUT2D eigenvalue weighted by atomic mass is 16.5. The molecule has 1 aliphatic rings. The van der Waals surface area contributed by atoms with Gasteiger partial charge in [0.1, 0.15) is 0 Å². The van der Waals surface area contributed by atoms with Gasteiger partial charge in [-0.1, -0.05) is 42.4 Å². The third-order valence-corrected chi connectivity index (χ3v) is 4.80. The van der Waals surface area contributed by atoms with Crippen molar-refractivity contribution < 1.29 is 9.32 Å². The SMILES string of the molecule is CC(C)c1noc([C@@H]2CCCN(C(=O)c3cnnn3-c3ccccc3)C2)n1. The lowest BCUT2D eigenvalue weighted by atomic mass is 9.97. The Morgan fingerprint density at radius 3 is 2.81 bits per heavy atom. The van der Waals surface area contributed by atoms with E-state index in [4.69, 9.17) is 4.52 Å². The van der Waals surface area contributed by atoms with Crippen LogP contribution in [0.4, 0.5) is 0 Å². The van der Waals surface area contributed by atoms with Crippen molar-refractivity contribution in [2.45, 2.75) is 38.5 Å². The van der Waals surface area contributed by atoms with Gasteiger partial charge >= 0.3 is 0 Å². The van der Waals surface area contributed by atoms with Crippen LogP contribution < -0.4 is 0 Å². The van der Waals surface area contributed by atoms with Crippen molar-refractivity contribution in [1.29, 1.82) is 0 Å². The molecule has 1 atom stereocenters. The van der Waals surface area contributed by atoms with Gasteiger partial charge in [-0.05, 0) is 25.0 Å². The summed E-state index contributed by atoms with van der Waals surface area (Å²) < 4.78 is 7.03. The molecule has 0 unspecified atom stereocenters. The van der Waals surface area contributed by atoms with Gasteiger partial charge in [-0.2, -0.15) is 4.98 Å². The van der Waals surface area contributed by atoms with Gasteiger partial charge in [-0.25, -0.2) is 4.68 Å². The first kappa shape index (κ1) is 17.4. The molecule has 0 aliphatic carbocycles. The van der Waals surface area contributed by atoms with Gasteiger partial charge in [0.2, 0.25) is 5.89 Å². The van der Waals surface area contributed by atoms with Crippen molar-refractivity contribution in [2.75, 3.05) is 13.1 Å². The molecule has 0 N–H and O–H groups in total. The smallest absolute Gasteiger partial charge is 0.274 e. The Balaban J connectivity index is 1.54. The number of rotatable bonds is 4. The van der Waals surface area contributed by atoms with Crippen molar-refractivity contribution in [3.8, 4) is 5.69 Å². The third-order valence-electron chi connectivity index (χ3n) is 4.80. The number of carbonyl (C=O) groups is 1. The van der Waals surface area contributed by atoms with Crippen LogP contribution in [0.15, 0.2) is 41.1 Å². The number of hydrogen-bond donors (Lipinski definition) is 0. The first-order valence-corrected chi connectivity index (χ1v) is 9.22. The molecule has 1 aliphatic heterocycles. The maximum atomic E-state index is 13.1. The van der Waals surface area contributed by atoms with Crippen molar-refractivity contribution in [3.05, 3.63) is 53.9 Å². The lowest BCUT2D eigenvalue weighted by Gasteiger charge is -2.30. The number of carbonyl (C=O) groups excluding carboxylic acids is 1. The predicted octanol–water partition coefficient (Wildman–Crippen LogP) is 2.79. The summed E-state index contributed by atoms with van der Waals surface area (Å²) in [6.45, 7) is 5.31. The Morgan fingerprint density at radius 2 is 2.07 bits per heavy atom. The van der Waals surface area contributed by atoms with Crippen LogP contribution in [0.25, 0.3) is 5.69 Å². The molecule has 8 heteroatoms. The zero-order chi connectivity index (χ0) is 18.8. The topological polar surface area (TPSA) is 89.9 Å². The summed E-state index contributed by atoms with van der Waals surface area (Å²) in [4.78, 5) is 19.4. The molecular formula is C19H22N6O2. The molecule has 0 saturated carbocycles. The summed E-state index contributed by atoms with van der Waals surface area (Å²) in [5.74, 6) is 1.52. The molecule has 3 heterocycles. The zero-order valence-electron chi connectivity index (χ0n) is 15.4. The molecule has 140 valence electrons. The van der Waals surface area contributed by atoms with E-state index in [-0.39, 0.29) is 17.7 Å². The molecule has 4 rings (SSSR count). The van der Waals surface area contributed by atoms with Gasteiger partial charge in [0.25, 0.3) is 5.91 Å². The molecule has 0 spiro atoms. The van der Waals surface area contributed by atoms with Gasteiger partial charge in [-0.15, -0.1) is 5.10 Å². The summed E-state index contributed by atoms with van der Waals surface area (Å²) in [7, 11) is 0. The first-order chi connectivity index (χ1) is 13.1. The highest BCUT2D eigenvalue weighted by Gasteiger charge is 2.31. The van der Waals surface area contributed by atoms with Crippen LogP contribution in [0.3, 0.4) is 0 Å². The normalized spacial score (nSPS) is 17.4. The number of nitrogens with zero attached hydrogens (tertiary/aromatic N) is 6. The monoisotopic (exact) mass is 366 g/mol. The van der Waals surface area contributed by atoms with Gasteiger partial charge in [0, 0.05) is 19.0 Å². The Bertz CT molecular complexity index is 917. The predicted molar refractivity (Wildman–Crippen MR) is 97.6 cm³/mol. The maximum Gasteiger partial charge on any atom is 0.274 e. The van der Waals surface area contributed by atoms with Crippen molar-refractivity contribution in [1.82, 2.24) is 30.0 Å². The summed E-state index contributed by atoms with van der Waals surface area (Å²) in [6, 6.07) is 9.54. The molecule has 1 fully saturated rings. The second kappa shape index (κ2) is 7.30. The molecule has 1 saturated heterocycles. The summed E-state index contributed by atoms with van der Waals surface area (Å²) in [6.07, 6.45) is 3.34. The average Bonchev–Trinajstić information content (AvgIpc) is 3.38. The number of benzene rings is 1. The minimum absolute atomic E-state index is 0.0590. The Kier molecular flexibility index (Phi) is 4.70. The fourth-order valence-electron chi connectivity index (χ4n) is 3.31. The van der Waals surface area contributed by atoms with E-state index in [1.54, 1.807) is 4.68 Å². The van der Waals surface area contributed by atoms with E-state index in [0.29, 0.717) is 30.5 Å². The van der Waals surface area contributed by atoms with Gasteiger partial charge in [0.15, 0.2) is 11.5 Å². The minimum Gasteiger partial charge on any atom is -0.339 e. The van der Waals surface area contributed by atoms with E-state index in [9.17, 15) is 4.79 Å². The maximum absolute atomic E-state index is 13.1. The van der Waals surface area contributed by atoms with Crippen molar-refractivity contribution in [3.63, 3.8) is 0 Å². The van der Waals surface area contributed by atoms with E-state index in [2.05, 4.69) is 20.5 Å². The molecule has 2 aromatic heterocycles. The second-order valence-corrected chi connectivity index (χ2v) is 7.10. The van der Waals surface area contributed by atoms with Crippen LogP contribution in [0, 0.1) is 0 Å². The quantitative estimate of drug-likeness (QED) is 0.705. The molecule has 0 bridgehead atoms. The average molecular weight is 366 g/mol. The molecule has 1 amide bonds. The van der Waals surface area contributed by atoms with Crippen LogP contribution >= 0.6 is 0 Å². The second-order valence-electron chi connectivity index (χ2n) is 7.10. The molecule has 3 aromatic rings. The van der Waals surface area contributed by atoms with E-state index in [0.717, 1.165) is 18.5 Å². The highest BCUT2D eigenvalue weighted by Crippen LogP contribution is 2.27. The standard InChI is InChI=1S/C19H22N6O2/c1-13(2)17-21-18(27-22-17)14-7-6-10-24(12-14)19(26)16-11-20-23-25(16)15-8-4-3-5-9-15/h3-5,8-9,11,13-14H,6-7,10,12H2,1-2H3/t14-/m1/s1. The fourth-order valence-corrected chi connectivity index (χ4v) is 3.31. The van der Waals surface area contributed by atoms with E-state index >= 15 is 0 Å². The minimum atomic E-state index is -0.0860. The summed E-state index contributed by atoms with van der Waals surface area (Å²) >= 11 is 0. The Labute approximate surface area is 157 Å². The molecule has 1 aromatic carbocycles. The van der Waals surface area contributed by atoms with E-state index in [1.165, 1.54) is 6.20 Å². The largest absolute Gasteiger partial charge is 0.339 e. The number of aromatic nitrogens is 5. The van der Waals surface area contributed by atoms with Crippen LogP contribution in [0.2, 0.25) is 0 Å². The van der Waals surface area contributed by atoms with Crippen LogP contribution in [0.1, 0.15) is 60.7 Å². The molecule has 0 radical (unpaired) electrons. The number of piperidine rings is 1. The first-order valence-electron chi connectivity index (χ1n) is 9.22. The van der Waals surface area contributed by atoms with Crippen molar-refractivity contribution >= 4 is 5.91 Å². The van der Waals surface area contributed by atoms with Gasteiger partial charge in [0.05, 0.1) is 17.8 Å². The number of hydrogen-bond acceptors (Lipinski definition) is 6. The summed E-state index contributed by atoms with van der Waals surface area (Å²) in [5.41, 5.74) is 1.26. The molecule has 27 heavy (non-hydrogen) atoms. The Morgan fingerprint density at radius 1 is 1.26 bits per heavy atom. The van der Waals surface area contributed by atoms with E-state index < -0.39 is 0 Å². The number of likely N-dealkylation sites (tertiary alicyclic amines) is 1. The van der Waals surface area contributed by atoms with Crippen LogP contribution in [0.5, 0.6) is 0 Å². The third kappa shape index (κ3) is 3.47. The molecule has 8 nitrogen and oxygen atoms in total. The lowest BCUT2D eigenvalue weighted by Crippen LogP contribution is -2.40. The summed E-state index contributed by atoms with van der Waals surface area (Å²) in [5, 5.41) is 12.1. The zero-order valence-corrected chi connectivity index (χ0v) is 15.4. The fraction of sp³-hybridized carbons (Fsp3) is 0.421. The van der Waals surface area contributed by atoms with Gasteiger partial charge < -0.3 is 9.42 Å². The number of amides is 1. The van der Waals surface area contributed by atoms with Crippen LogP contribution in [-0.2, 0) is 0 Å². The highest BCUT2D eigenvalue weighted by molar-refractivity contribution is 5.93. The Hall–Kier alpha value is -3.03. The lowest BCUT2D eigenvalue weighted by molar-refractivity contribution is 0.0686. The number of para-hydroxylation sites is 1. The molecular weight excluding hydrogens is 344 g/mol. The van der Waals surface area contributed by atoms with Crippen LogP contribution in [-0.4, -0.2) is 49.0 Å².